The molecule has 0 aromatic carbocycles. The van der Waals surface area contributed by atoms with Gasteiger partial charge >= 0.3 is 0 Å². The summed E-state index contributed by atoms with van der Waals surface area (Å²) in [7, 11) is 0. The van der Waals surface area contributed by atoms with Crippen LogP contribution < -0.4 is 5.56 Å². The monoisotopic (exact) mass is 362 g/mol. The fraction of sp³-hybridized carbons (Fsp3) is 0.800. The predicted molar refractivity (Wildman–Crippen MR) is 104 cm³/mol. The van der Waals surface area contributed by atoms with Crippen molar-refractivity contribution in [1.29, 1.82) is 0 Å². The Kier molecular flexibility index (Phi) is 6.48. The maximum atomic E-state index is 12.1. The standard InChI is InChI=1S/C20H34N4O2/c1-20(2,3)18-7-8-19(25)24(21-18)14-13-22-9-11-23(12-10-22)16-17-6-4-5-15-26-17/h7-8,17H,4-6,9-16H2,1-3H3. The zero-order chi connectivity index (χ0) is 18.6. The molecule has 26 heavy (non-hydrogen) atoms. The van der Waals surface area contributed by atoms with Crippen LogP contribution in [0.5, 0.6) is 0 Å². The van der Waals surface area contributed by atoms with Gasteiger partial charge in [-0.05, 0) is 25.3 Å². The van der Waals surface area contributed by atoms with E-state index in [1.165, 1.54) is 19.3 Å². The Morgan fingerprint density at radius 3 is 2.46 bits per heavy atom. The fourth-order valence-corrected chi connectivity index (χ4v) is 3.68. The highest BCUT2D eigenvalue weighted by Crippen LogP contribution is 2.18. The van der Waals surface area contributed by atoms with Crippen LogP contribution in [0.1, 0.15) is 45.7 Å². The van der Waals surface area contributed by atoms with Crippen molar-refractivity contribution >= 4 is 0 Å². The summed E-state index contributed by atoms with van der Waals surface area (Å²) in [6.07, 6.45) is 4.16. The van der Waals surface area contributed by atoms with Crippen molar-refractivity contribution in [2.24, 2.45) is 0 Å². The maximum absolute atomic E-state index is 12.1. The highest BCUT2D eigenvalue weighted by molar-refractivity contribution is 5.10. The van der Waals surface area contributed by atoms with Crippen LogP contribution in [0, 0.1) is 0 Å². The molecule has 1 unspecified atom stereocenters. The Balaban J connectivity index is 1.46. The van der Waals surface area contributed by atoms with E-state index < -0.39 is 0 Å². The van der Waals surface area contributed by atoms with Crippen LogP contribution >= 0.6 is 0 Å². The Morgan fingerprint density at radius 1 is 1.08 bits per heavy atom. The van der Waals surface area contributed by atoms with Crippen LogP contribution in [0.2, 0.25) is 0 Å². The first kappa shape index (κ1) is 19.5. The van der Waals surface area contributed by atoms with Crippen molar-refractivity contribution in [2.75, 3.05) is 45.9 Å². The maximum Gasteiger partial charge on any atom is 0.266 e. The lowest BCUT2D eigenvalue weighted by atomic mass is 9.92. The third-order valence-corrected chi connectivity index (χ3v) is 5.46. The molecule has 1 aromatic rings. The van der Waals surface area contributed by atoms with Gasteiger partial charge < -0.3 is 4.74 Å². The number of nitrogens with zero attached hydrogens (tertiary/aromatic N) is 4. The molecule has 6 nitrogen and oxygen atoms in total. The van der Waals surface area contributed by atoms with Gasteiger partial charge in [-0.3, -0.25) is 14.6 Å². The molecule has 2 aliphatic heterocycles. The molecule has 0 amide bonds. The van der Waals surface area contributed by atoms with Crippen LogP contribution in [-0.2, 0) is 16.7 Å². The minimum atomic E-state index is -0.0394. The van der Waals surface area contributed by atoms with Gasteiger partial charge in [0.15, 0.2) is 0 Å². The van der Waals surface area contributed by atoms with E-state index in [-0.39, 0.29) is 11.0 Å². The molecule has 6 heteroatoms. The molecule has 0 spiro atoms. The average molecular weight is 363 g/mol. The van der Waals surface area contributed by atoms with Gasteiger partial charge in [-0.1, -0.05) is 20.8 Å². The minimum Gasteiger partial charge on any atom is -0.377 e. The Hall–Kier alpha value is -1.24. The topological polar surface area (TPSA) is 50.6 Å². The van der Waals surface area contributed by atoms with E-state index in [1.54, 1.807) is 10.7 Å². The van der Waals surface area contributed by atoms with Gasteiger partial charge in [-0.25, -0.2) is 4.68 Å². The van der Waals surface area contributed by atoms with Crippen molar-refractivity contribution in [2.45, 2.75) is 58.1 Å². The zero-order valence-corrected chi connectivity index (χ0v) is 16.6. The number of hydrogen-bond donors (Lipinski definition) is 0. The molecule has 2 saturated heterocycles. The Bertz CT molecular complexity index is 623. The summed E-state index contributed by atoms with van der Waals surface area (Å²) in [6.45, 7) is 14.2. The van der Waals surface area contributed by atoms with E-state index in [0.29, 0.717) is 12.6 Å². The summed E-state index contributed by atoms with van der Waals surface area (Å²) in [5, 5.41) is 4.57. The van der Waals surface area contributed by atoms with Crippen LogP contribution in [0.4, 0.5) is 0 Å². The number of hydrogen-bond acceptors (Lipinski definition) is 5. The lowest BCUT2D eigenvalue weighted by Gasteiger charge is -2.37. The number of piperazine rings is 1. The van der Waals surface area contributed by atoms with E-state index in [4.69, 9.17) is 4.74 Å². The first-order chi connectivity index (χ1) is 12.4. The quantitative estimate of drug-likeness (QED) is 0.798. The van der Waals surface area contributed by atoms with E-state index in [2.05, 4.69) is 35.7 Å². The SMILES string of the molecule is CC(C)(C)c1ccc(=O)n(CCN2CCN(CC3CCCCO3)CC2)n1. The molecule has 2 fully saturated rings. The molecule has 146 valence electrons. The molecule has 1 aromatic heterocycles. The van der Waals surface area contributed by atoms with Gasteiger partial charge in [0.1, 0.15) is 0 Å². The third-order valence-electron chi connectivity index (χ3n) is 5.46. The van der Waals surface area contributed by atoms with E-state index >= 15 is 0 Å². The van der Waals surface area contributed by atoms with Gasteiger partial charge in [0.05, 0.1) is 18.3 Å². The molecular formula is C20H34N4O2. The summed E-state index contributed by atoms with van der Waals surface area (Å²) in [5.74, 6) is 0. The van der Waals surface area contributed by atoms with E-state index in [9.17, 15) is 4.79 Å². The average Bonchev–Trinajstić information content (AvgIpc) is 2.62. The van der Waals surface area contributed by atoms with Crippen LogP contribution in [0.3, 0.4) is 0 Å². The third kappa shape index (κ3) is 5.38. The van der Waals surface area contributed by atoms with Crippen molar-refractivity contribution in [3.8, 4) is 0 Å². The van der Waals surface area contributed by atoms with Crippen LogP contribution in [0.25, 0.3) is 0 Å². The number of aromatic nitrogens is 2. The normalized spacial score (nSPS) is 23.3. The molecule has 3 rings (SSSR count). The van der Waals surface area contributed by atoms with Gasteiger partial charge in [0.2, 0.25) is 0 Å². The molecular weight excluding hydrogens is 328 g/mol. The van der Waals surface area contributed by atoms with Crippen LogP contribution in [0.15, 0.2) is 16.9 Å². The molecule has 0 N–H and O–H groups in total. The smallest absolute Gasteiger partial charge is 0.266 e. The van der Waals surface area contributed by atoms with Crippen LogP contribution in [-0.4, -0.2) is 71.6 Å². The van der Waals surface area contributed by atoms with Crippen molar-refractivity contribution in [3.63, 3.8) is 0 Å². The largest absolute Gasteiger partial charge is 0.377 e. The van der Waals surface area contributed by atoms with Gasteiger partial charge in [0, 0.05) is 57.4 Å². The zero-order valence-electron chi connectivity index (χ0n) is 16.6. The lowest BCUT2D eigenvalue weighted by molar-refractivity contribution is -0.0142. The van der Waals surface area contributed by atoms with Gasteiger partial charge in [-0.15, -0.1) is 0 Å². The molecule has 0 radical (unpaired) electrons. The molecule has 2 aliphatic rings. The van der Waals surface area contributed by atoms with Crippen molar-refractivity contribution < 1.29 is 4.74 Å². The number of ether oxygens (including phenoxy) is 1. The van der Waals surface area contributed by atoms with E-state index in [0.717, 1.165) is 51.6 Å². The summed E-state index contributed by atoms with van der Waals surface area (Å²) < 4.78 is 7.49. The second-order valence-electron chi connectivity index (χ2n) is 8.66. The fourth-order valence-electron chi connectivity index (χ4n) is 3.68. The molecule has 0 aliphatic carbocycles. The van der Waals surface area contributed by atoms with Crippen molar-refractivity contribution in [3.05, 3.63) is 28.2 Å². The predicted octanol–water partition coefficient (Wildman–Crippen LogP) is 1.73. The second kappa shape index (κ2) is 8.63. The minimum absolute atomic E-state index is 0.00826. The summed E-state index contributed by atoms with van der Waals surface area (Å²) in [4.78, 5) is 17.1. The molecule has 1 atom stereocenters. The first-order valence-electron chi connectivity index (χ1n) is 10.1. The molecule has 0 saturated carbocycles. The van der Waals surface area contributed by atoms with Gasteiger partial charge in [-0.2, -0.15) is 5.10 Å². The van der Waals surface area contributed by atoms with E-state index in [1.807, 2.05) is 6.07 Å². The number of rotatable bonds is 5. The Labute approximate surface area is 157 Å². The molecule has 0 bridgehead atoms. The summed E-state index contributed by atoms with van der Waals surface area (Å²) in [6, 6.07) is 3.50. The highest BCUT2D eigenvalue weighted by Gasteiger charge is 2.22. The summed E-state index contributed by atoms with van der Waals surface area (Å²) >= 11 is 0. The summed E-state index contributed by atoms with van der Waals surface area (Å²) in [5.41, 5.74) is 0.919. The van der Waals surface area contributed by atoms with Crippen molar-refractivity contribution in [1.82, 2.24) is 19.6 Å². The highest BCUT2D eigenvalue weighted by atomic mass is 16.5. The second-order valence-corrected chi connectivity index (χ2v) is 8.66. The lowest BCUT2D eigenvalue weighted by Crippen LogP contribution is -2.50. The first-order valence-corrected chi connectivity index (χ1v) is 10.1. The Morgan fingerprint density at radius 2 is 1.81 bits per heavy atom. The van der Waals surface area contributed by atoms with Gasteiger partial charge in [0.25, 0.3) is 5.56 Å². The molecule has 3 heterocycles.